The maximum atomic E-state index is 12.3. The van der Waals surface area contributed by atoms with E-state index in [0.29, 0.717) is 37.8 Å². The summed E-state index contributed by atoms with van der Waals surface area (Å²) in [5, 5.41) is 8.05. The van der Waals surface area contributed by atoms with Crippen molar-refractivity contribution in [2.45, 2.75) is 26.4 Å². The quantitative estimate of drug-likeness (QED) is 0.871. The highest BCUT2D eigenvalue weighted by Crippen LogP contribution is 2.28. The number of nitrogens with zero attached hydrogens (tertiary/aromatic N) is 2. The predicted molar refractivity (Wildman–Crippen MR) is 93.4 cm³/mol. The first-order valence-corrected chi connectivity index (χ1v) is 9.33. The highest BCUT2D eigenvalue weighted by Gasteiger charge is 2.24. The third-order valence-corrected chi connectivity index (χ3v) is 5.37. The molecule has 0 saturated heterocycles. The van der Waals surface area contributed by atoms with E-state index in [2.05, 4.69) is 15.6 Å². The number of carbonyl (C=O) groups is 2. The molecule has 0 aliphatic carbocycles. The number of aromatic nitrogens is 1. The molecule has 2 aromatic heterocycles. The summed E-state index contributed by atoms with van der Waals surface area (Å²) in [6.45, 7) is 3.73. The number of hydrogen-bond donors (Lipinski definition) is 2. The molecule has 0 aromatic carbocycles. The van der Waals surface area contributed by atoms with Crippen LogP contribution in [0.3, 0.4) is 0 Å². The van der Waals surface area contributed by atoms with Gasteiger partial charge in [0.05, 0.1) is 25.4 Å². The second-order valence-electron chi connectivity index (χ2n) is 5.14. The molecule has 2 aromatic rings. The largest absolute Gasteiger partial charge is 0.450 e. The molecule has 24 heavy (non-hydrogen) atoms. The van der Waals surface area contributed by atoms with Crippen molar-refractivity contribution in [2.75, 3.05) is 18.5 Å². The van der Waals surface area contributed by atoms with Crippen LogP contribution in [0.5, 0.6) is 0 Å². The van der Waals surface area contributed by atoms with E-state index < -0.39 is 6.09 Å². The van der Waals surface area contributed by atoms with Crippen molar-refractivity contribution in [3.63, 3.8) is 0 Å². The van der Waals surface area contributed by atoms with Crippen LogP contribution in [-0.2, 0) is 24.2 Å². The smallest absolute Gasteiger partial charge is 0.413 e. The lowest BCUT2D eigenvalue weighted by molar-refractivity contribution is 0.168. The number of fused-ring (bicyclic) bond motifs is 1. The van der Waals surface area contributed by atoms with E-state index in [1.165, 1.54) is 11.3 Å². The molecule has 9 heteroatoms. The summed E-state index contributed by atoms with van der Waals surface area (Å²) in [6, 6.07) is 3.88. The third kappa shape index (κ3) is 4.04. The third-order valence-electron chi connectivity index (χ3n) is 3.50. The van der Waals surface area contributed by atoms with Gasteiger partial charge in [0.25, 0.3) is 0 Å². The molecular weight excluding hydrogens is 348 g/mol. The summed E-state index contributed by atoms with van der Waals surface area (Å²) < 4.78 is 4.85. The van der Waals surface area contributed by atoms with Crippen LogP contribution >= 0.6 is 22.7 Å². The van der Waals surface area contributed by atoms with E-state index in [1.54, 1.807) is 23.2 Å². The normalized spacial score (nSPS) is 13.3. The Morgan fingerprint density at radius 2 is 2.33 bits per heavy atom. The van der Waals surface area contributed by atoms with E-state index in [1.807, 2.05) is 17.5 Å². The highest BCUT2D eigenvalue weighted by molar-refractivity contribution is 7.15. The summed E-state index contributed by atoms with van der Waals surface area (Å²) in [5.41, 5.74) is 0.939. The number of urea groups is 1. The van der Waals surface area contributed by atoms with Crippen molar-refractivity contribution >= 4 is 39.9 Å². The Morgan fingerprint density at radius 3 is 3.08 bits per heavy atom. The van der Waals surface area contributed by atoms with Crippen molar-refractivity contribution in [2.24, 2.45) is 0 Å². The van der Waals surface area contributed by atoms with E-state index in [9.17, 15) is 9.59 Å². The van der Waals surface area contributed by atoms with Gasteiger partial charge in [-0.2, -0.15) is 0 Å². The van der Waals surface area contributed by atoms with E-state index in [4.69, 9.17) is 4.74 Å². The number of carbonyl (C=O) groups excluding carboxylic acids is 2. The average Bonchev–Trinajstić information content (AvgIpc) is 3.20. The first-order chi connectivity index (χ1) is 11.7. The van der Waals surface area contributed by atoms with Crippen molar-refractivity contribution < 1.29 is 14.3 Å². The Morgan fingerprint density at radius 1 is 1.46 bits per heavy atom. The zero-order chi connectivity index (χ0) is 16.9. The Balaban J connectivity index is 1.56. The molecule has 128 valence electrons. The van der Waals surface area contributed by atoms with Crippen molar-refractivity contribution in [3.8, 4) is 0 Å². The predicted octanol–water partition coefficient (Wildman–Crippen LogP) is 3.04. The van der Waals surface area contributed by atoms with Crippen LogP contribution in [-0.4, -0.2) is 35.2 Å². The number of amides is 3. The number of nitrogens with one attached hydrogen (secondary N) is 2. The SMILES string of the molecule is CCOC(=O)Nc1nc2c(s1)CN(C(=O)NCc1cccs1)CC2. The van der Waals surface area contributed by atoms with Crippen LogP contribution in [0.25, 0.3) is 0 Å². The first-order valence-electron chi connectivity index (χ1n) is 7.63. The summed E-state index contributed by atoms with van der Waals surface area (Å²) in [6.07, 6.45) is 0.178. The Labute approximate surface area is 147 Å². The lowest BCUT2D eigenvalue weighted by atomic mass is 10.2. The van der Waals surface area contributed by atoms with Gasteiger partial charge < -0.3 is 15.0 Å². The fourth-order valence-corrected chi connectivity index (χ4v) is 4.02. The minimum absolute atomic E-state index is 0.0812. The Bertz CT molecular complexity index is 714. The molecule has 3 heterocycles. The number of hydrogen-bond acceptors (Lipinski definition) is 6. The van der Waals surface area contributed by atoms with E-state index >= 15 is 0 Å². The molecule has 1 aliphatic heterocycles. The monoisotopic (exact) mass is 366 g/mol. The van der Waals surface area contributed by atoms with Gasteiger partial charge in [-0.15, -0.1) is 11.3 Å². The first kappa shape index (κ1) is 16.7. The van der Waals surface area contributed by atoms with Crippen LogP contribution in [0.15, 0.2) is 17.5 Å². The average molecular weight is 366 g/mol. The number of rotatable bonds is 4. The molecule has 7 nitrogen and oxygen atoms in total. The zero-order valence-electron chi connectivity index (χ0n) is 13.2. The zero-order valence-corrected chi connectivity index (χ0v) is 14.8. The Kier molecular flexibility index (Phi) is 5.31. The minimum atomic E-state index is -0.505. The van der Waals surface area contributed by atoms with Gasteiger partial charge in [-0.1, -0.05) is 17.4 Å². The number of ether oxygens (including phenoxy) is 1. The topological polar surface area (TPSA) is 83.6 Å². The van der Waals surface area contributed by atoms with Gasteiger partial charge in [0.1, 0.15) is 0 Å². The van der Waals surface area contributed by atoms with Crippen molar-refractivity contribution in [1.29, 1.82) is 0 Å². The maximum absolute atomic E-state index is 12.3. The highest BCUT2D eigenvalue weighted by atomic mass is 32.1. The molecule has 1 aliphatic rings. The molecule has 0 radical (unpaired) electrons. The Hall–Kier alpha value is -2.13. The summed E-state index contributed by atoms with van der Waals surface area (Å²) in [5.74, 6) is 0. The van der Waals surface area contributed by atoms with Gasteiger partial charge in [-0.3, -0.25) is 5.32 Å². The van der Waals surface area contributed by atoms with Crippen molar-refractivity contribution in [1.82, 2.24) is 15.2 Å². The van der Waals surface area contributed by atoms with E-state index in [-0.39, 0.29) is 6.03 Å². The maximum Gasteiger partial charge on any atom is 0.413 e. The fourth-order valence-electron chi connectivity index (χ4n) is 2.36. The molecule has 0 fully saturated rings. The van der Waals surface area contributed by atoms with Gasteiger partial charge >= 0.3 is 12.1 Å². The number of anilines is 1. The van der Waals surface area contributed by atoms with Gasteiger partial charge in [0.15, 0.2) is 5.13 Å². The second kappa shape index (κ2) is 7.63. The van der Waals surface area contributed by atoms with Crippen LogP contribution < -0.4 is 10.6 Å². The van der Waals surface area contributed by atoms with Crippen LogP contribution in [0.4, 0.5) is 14.7 Å². The summed E-state index contributed by atoms with van der Waals surface area (Å²) in [7, 11) is 0. The summed E-state index contributed by atoms with van der Waals surface area (Å²) in [4.78, 5) is 32.0. The van der Waals surface area contributed by atoms with Gasteiger partial charge in [0.2, 0.25) is 0 Å². The fraction of sp³-hybridized carbons (Fsp3) is 0.400. The van der Waals surface area contributed by atoms with Gasteiger partial charge in [0, 0.05) is 22.7 Å². The van der Waals surface area contributed by atoms with Crippen LogP contribution in [0.2, 0.25) is 0 Å². The molecular formula is C15H18N4O3S2. The number of thiophene rings is 1. The molecule has 0 bridgehead atoms. The molecule has 0 unspecified atom stereocenters. The van der Waals surface area contributed by atoms with Crippen LogP contribution in [0, 0.1) is 0 Å². The second-order valence-corrected chi connectivity index (χ2v) is 7.26. The van der Waals surface area contributed by atoms with Gasteiger partial charge in [-0.25, -0.2) is 14.6 Å². The lowest BCUT2D eigenvalue weighted by Crippen LogP contribution is -2.42. The lowest BCUT2D eigenvalue weighted by Gasteiger charge is -2.26. The minimum Gasteiger partial charge on any atom is -0.450 e. The molecule has 0 spiro atoms. The molecule has 3 amide bonds. The summed E-state index contributed by atoms with van der Waals surface area (Å²) >= 11 is 3.00. The molecule has 0 atom stereocenters. The number of thiazole rings is 1. The molecule has 2 N–H and O–H groups in total. The van der Waals surface area contributed by atoms with Gasteiger partial charge in [-0.05, 0) is 18.4 Å². The molecule has 0 saturated carbocycles. The van der Waals surface area contributed by atoms with E-state index in [0.717, 1.165) is 15.4 Å². The standard InChI is InChI=1S/C15H18N4O3S2/c1-2-22-15(21)18-13-17-11-5-6-19(9-12(11)24-13)14(20)16-8-10-4-3-7-23-10/h3-4,7H,2,5-6,8-9H2,1H3,(H,16,20)(H,17,18,21). The van der Waals surface area contributed by atoms with Crippen molar-refractivity contribution in [3.05, 3.63) is 33.0 Å². The van der Waals surface area contributed by atoms with Crippen LogP contribution in [0.1, 0.15) is 22.4 Å². The molecule has 3 rings (SSSR count).